The van der Waals surface area contributed by atoms with E-state index in [0.717, 1.165) is 25.2 Å². The molecule has 1 saturated heterocycles. The minimum Gasteiger partial charge on any atom is -0.373 e. The van der Waals surface area contributed by atoms with Crippen molar-refractivity contribution in [2.24, 2.45) is 0 Å². The van der Waals surface area contributed by atoms with Crippen LogP contribution in [0.15, 0.2) is 18.5 Å². The Labute approximate surface area is 189 Å². The number of halogens is 3. The summed E-state index contributed by atoms with van der Waals surface area (Å²) in [5.41, 5.74) is 1.77. The van der Waals surface area contributed by atoms with Gasteiger partial charge in [-0.1, -0.05) is 6.92 Å². The first-order valence-electron chi connectivity index (χ1n) is 11.0. The van der Waals surface area contributed by atoms with E-state index in [4.69, 9.17) is 4.74 Å². The molecule has 0 radical (unpaired) electrons. The lowest BCUT2D eigenvalue weighted by atomic mass is 10.1. The smallest absolute Gasteiger partial charge is 0.373 e. The largest absolute Gasteiger partial charge is 0.451 e. The lowest BCUT2D eigenvalue weighted by Crippen LogP contribution is -2.35. The predicted octanol–water partition coefficient (Wildman–Crippen LogP) is 3.33. The van der Waals surface area contributed by atoms with E-state index < -0.39 is 23.9 Å². The molecule has 0 saturated carbocycles. The number of hydrogen-bond acceptors (Lipinski definition) is 5. The van der Waals surface area contributed by atoms with Crippen molar-refractivity contribution in [1.29, 1.82) is 0 Å². The van der Waals surface area contributed by atoms with Gasteiger partial charge in [0.2, 0.25) is 5.82 Å². The Morgan fingerprint density at radius 3 is 2.61 bits per heavy atom. The molecule has 2 aromatic heterocycles. The van der Waals surface area contributed by atoms with E-state index in [1.807, 2.05) is 16.4 Å². The van der Waals surface area contributed by atoms with Crippen LogP contribution in [-0.4, -0.2) is 50.4 Å². The highest BCUT2D eigenvalue weighted by molar-refractivity contribution is 6.01. The van der Waals surface area contributed by atoms with Crippen molar-refractivity contribution in [3.63, 3.8) is 0 Å². The molecule has 4 heterocycles. The fourth-order valence-electron chi connectivity index (χ4n) is 4.40. The Morgan fingerprint density at radius 2 is 2.00 bits per heavy atom. The highest BCUT2D eigenvalue weighted by Crippen LogP contribution is 2.28. The van der Waals surface area contributed by atoms with Crippen LogP contribution in [-0.2, 0) is 24.1 Å². The monoisotopic (exact) mass is 465 g/mol. The van der Waals surface area contributed by atoms with Crippen LogP contribution >= 0.6 is 0 Å². The van der Waals surface area contributed by atoms with E-state index in [1.165, 1.54) is 0 Å². The van der Waals surface area contributed by atoms with Crippen LogP contribution in [0.1, 0.15) is 77.1 Å². The highest BCUT2D eigenvalue weighted by atomic mass is 19.4. The molecular formula is C22H26F3N5O3. The second-order valence-corrected chi connectivity index (χ2v) is 8.36. The number of nitrogens with zero attached hydrogens (tertiary/aromatic N) is 4. The summed E-state index contributed by atoms with van der Waals surface area (Å²) in [5.74, 6) is -1.76. The number of carbonyl (C=O) groups is 2. The van der Waals surface area contributed by atoms with E-state index in [9.17, 15) is 22.8 Å². The van der Waals surface area contributed by atoms with Crippen molar-refractivity contribution in [2.75, 3.05) is 13.2 Å². The summed E-state index contributed by atoms with van der Waals surface area (Å²) in [6, 6.07) is 1.16. The summed E-state index contributed by atoms with van der Waals surface area (Å²) in [6.45, 7) is 5.61. The van der Waals surface area contributed by atoms with Crippen LogP contribution in [0.4, 0.5) is 13.2 Å². The maximum atomic E-state index is 13.2. The number of alkyl halides is 3. The van der Waals surface area contributed by atoms with E-state index in [2.05, 4.69) is 15.3 Å². The summed E-state index contributed by atoms with van der Waals surface area (Å²) < 4.78 is 45.7. The third kappa shape index (κ3) is 4.59. The summed E-state index contributed by atoms with van der Waals surface area (Å²) in [4.78, 5) is 35.0. The number of rotatable bonds is 5. The number of carbonyl (C=O) groups excluding carboxylic acids is 2. The van der Waals surface area contributed by atoms with E-state index >= 15 is 0 Å². The Kier molecular flexibility index (Phi) is 6.42. The average molecular weight is 465 g/mol. The molecule has 8 nitrogen and oxygen atoms in total. The molecular weight excluding hydrogens is 439 g/mol. The molecule has 0 aromatic carbocycles. The lowest BCUT2D eigenvalue weighted by Gasteiger charge is -2.24. The SMILES string of the molecule is CC[C@@H](NC(=O)c1cc(C(=O)N2CCC[C@@H]2C)n2c1COCC2)c1cnc(C(F)(F)F)nc1. The zero-order chi connectivity index (χ0) is 23.8. The molecule has 33 heavy (non-hydrogen) atoms. The Balaban J connectivity index is 1.58. The molecule has 2 aliphatic rings. The van der Waals surface area contributed by atoms with Crippen LogP contribution in [0.3, 0.4) is 0 Å². The number of likely N-dealkylation sites (tertiary alicyclic amines) is 1. The van der Waals surface area contributed by atoms with E-state index in [-0.39, 0.29) is 18.6 Å². The van der Waals surface area contributed by atoms with Crippen molar-refractivity contribution >= 4 is 11.8 Å². The van der Waals surface area contributed by atoms with Gasteiger partial charge in [-0.2, -0.15) is 13.2 Å². The maximum Gasteiger partial charge on any atom is 0.451 e. The fraction of sp³-hybridized carbons (Fsp3) is 0.545. The fourth-order valence-corrected chi connectivity index (χ4v) is 4.40. The predicted molar refractivity (Wildman–Crippen MR) is 111 cm³/mol. The number of amides is 2. The van der Waals surface area contributed by atoms with Crippen molar-refractivity contribution in [3.05, 3.63) is 46.8 Å². The van der Waals surface area contributed by atoms with Gasteiger partial charge in [0.1, 0.15) is 5.69 Å². The summed E-state index contributed by atoms with van der Waals surface area (Å²) >= 11 is 0. The Morgan fingerprint density at radius 1 is 1.27 bits per heavy atom. The number of hydrogen-bond donors (Lipinski definition) is 1. The van der Waals surface area contributed by atoms with Crippen LogP contribution in [0, 0.1) is 0 Å². The molecule has 2 aliphatic heterocycles. The molecule has 0 spiro atoms. The number of aromatic nitrogens is 3. The van der Waals surface area contributed by atoms with Gasteiger partial charge in [0.05, 0.1) is 30.5 Å². The van der Waals surface area contributed by atoms with Gasteiger partial charge in [0.25, 0.3) is 11.8 Å². The normalized spacial score (nSPS) is 19.3. The molecule has 0 unspecified atom stereocenters. The molecule has 0 bridgehead atoms. The third-order valence-electron chi connectivity index (χ3n) is 6.23. The molecule has 4 rings (SSSR count). The van der Waals surface area contributed by atoms with Gasteiger partial charge in [0.15, 0.2) is 0 Å². The van der Waals surface area contributed by atoms with Crippen LogP contribution in [0.2, 0.25) is 0 Å². The summed E-state index contributed by atoms with van der Waals surface area (Å²) in [6.07, 6.45) is -0.166. The van der Waals surface area contributed by atoms with E-state index in [0.29, 0.717) is 48.6 Å². The Hall–Kier alpha value is -2.95. The summed E-state index contributed by atoms with van der Waals surface area (Å²) in [5, 5.41) is 2.84. The topological polar surface area (TPSA) is 89.4 Å². The standard InChI is InChI=1S/C22H26F3N5O3/c1-3-16(14-10-26-21(27-11-14)22(23,24)25)28-19(31)15-9-17(30-7-8-33-12-18(15)30)20(32)29-6-4-5-13(29)2/h9-11,13,16H,3-8,12H2,1-2H3,(H,28,31)/t13-,16+/m0/s1. The van der Waals surface area contributed by atoms with Crippen LogP contribution < -0.4 is 5.32 Å². The highest BCUT2D eigenvalue weighted by Gasteiger charge is 2.35. The molecule has 11 heteroatoms. The van der Waals surface area contributed by atoms with Gasteiger partial charge in [-0.3, -0.25) is 9.59 Å². The van der Waals surface area contributed by atoms with Crippen LogP contribution in [0.25, 0.3) is 0 Å². The van der Waals surface area contributed by atoms with Gasteiger partial charge in [-0.15, -0.1) is 0 Å². The van der Waals surface area contributed by atoms with Crippen LogP contribution in [0.5, 0.6) is 0 Å². The molecule has 2 aromatic rings. The second kappa shape index (κ2) is 9.12. The second-order valence-electron chi connectivity index (χ2n) is 8.36. The molecule has 1 N–H and O–H groups in total. The number of nitrogens with one attached hydrogen (secondary N) is 1. The van der Waals surface area contributed by atoms with E-state index in [1.54, 1.807) is 13.0 Å². The summed E-state index contributed by atoms with van der Waals surface area (Å²) in [7, 11) is 0. The minimum atomic E-state index is -4.63. The van der Waals surface area contributed by atoms with Crippen molar-refractivity contribution < 1.29 is 27.5 Å². The number of ether oxygens (including phenoxy) is 1. The van der Waals surface area contributed by atoms with Crippen molar-refractivity contribution in [1.82, 2.24) is 24.8 Å². The Bertz CT molecular complexity index is 1040. The molecule has 1 fully saturated rings. The van der Waals surface area contributed by atoms with Gasteiger partial charge in [-0.05, 0) is 32.3 Å². The quantitative estimate of drug-likeness (QED) is 0.732. The zero-order valence-electron chi connectivity index (χ0n) is 18.5. The van der Waals surface area contributed by atoms with Gasteiger partial charge >= 0.3 is 6.18 Å². The lowest BCUT2D eigenvalue weighted by molar-refractivity contribution is -0.145. The molecule has 2 atom stereocenters. The van der Waals surface area contributed by atoms with Crippen molar-refractivity contribution in [2.45, 2.75) is 64.5 Å². The zero-order valence-corrected chi connectivity index (χ0v) is 18.5. The molecule has 178 valence electrons. The minimum absolute atomic E-state index is 0.106. The van der Waals surface area contributed by atoms with Gasteiger partial charge in [-0.25, -0.2) is 9.97 Å². The maximum absolute atomic E-state index is 13.2. The number of fused-ring (bicyclic) bond motifs is 1. The first kappa shape index (κ1) is 23.2. The van der Waals surface area contributed by atoms with Gasteiger partial charge in [0, 0.05) is 37.1 Å². The first-order chi connectivity index (χ1) is 15.7. The third-order valence-corrected chi connectivity index (χ3v) is 6.23. The van der Waals surface area contributed by atoms with Gasteiger partial charge < -0.3 is 19.5 Å². The molecule has 0 aliphatic carbocycles. The van der Waals surface area contributed by atoms with Crippen molar-refractivity contribution in [3.8, 4) is 0 Å². The molecule has 2 amide bonds. The first-order valence-corrected chi connectivity index (χ1v) is 11.0. The average Bonchev–Trinajstić information content (AvgIpc) is 3.40.